The standard InChI is InChI=1S/C12H14O2/c1-12(2,3)9-5-4-6-10-11(9)14-8-7-13-10/h4-8H,1-3H3. The summed E-state index contributed by atoms with van der Waals surface area (Å²) < 4.78 is 10.8. The van der Waals surface area contributed by atoms with Gasteiger partial charge in [-0.15, -0.1) is 0 Å². The first-order valence-corrected chi connectivity index (χ1v) is 4.71. The van der Waals surface area contributed by atoms with Crippen LogP contribution in [0.3, 0.4) is 0 Å². The molecule has 0 aliphatic carbocycles. The number of hydrogen-bond acceptors (Lipinski definition) is 2. The zero-order chi connectivity index (χ0) is 10.2. The number of rotatable bonds is 0. The van der Waals surface area contributed by atoms with Crippen molar-refractivity contribution in [2.75, 3.05) is 0 Å². The lowest BCUT2D eigenvalue weighted by Gasteiger charge is -2.24. The predicted molar refractivity (Wildman–Crippen MR) is 55.5 cm³/mol. The SMILES string of the molecule is CC(C)(C)c1cccc2c1OC=CO2. The molecule has 0 fully saturated rings. The summed E-state index contributed by atoms with van der Waals surface area (Å²) in [4.78, 5) is 0. The van der Waals surface area contributed by atoms with E-state index in [0.717, 1.165) is 11.5 Å². The molecule has 1 aromatic rings. The Morgan fingerprint density at radius 3 is 2.43 bits per heavy atom. The summed E-state index contributed by atoms with van der Waals surface area (Å²) in [5, 5.41) is 0. The molecule has 0 atom stereocenters. The fourth-order valence-electron chi connectivity index (χ4n) is 1.52. The Bertz CT molecular complexity index is 372. The highest BCUT2D eigenvalue weighted by atomic mass is 16.5. The highest BCUT2D eigenvalue weighted by molar-refractivity contribution is 5.51. The number of hydrogen-bond donors (Lipinski definition) is 0. The molecule has 2 rings (SSSR count). The average Bonchev–Trinajstić information content (AvgIpc) is 2.15. The highest BCUT2D eigenvalue weighted by Crippen LogP contribution is 2.39. The van der Waals surface area contributed by atoms with Crippen molar-refractivity contribution in [3.63, 3.8) is 0 Å². The third kappa shape index (κ3) is 1.48. The Balaban J connectivity index is 2.54. The molecular formula is C12H14O2. The fraction of sp³-hybridized carbons (Fsp3) is 0.333. The van der Waals surface area contributed by atoms with E-state index in [-0.39, 0.29) is 5.41 Å². The van der Waals surface area contributed by atoms with Crippen molar-refractivity contribution < 1.29 is 9.47 Å². The quantitative estimate of drug-likeness (QED) is 0.625. The summed E-state index contributed by atoms with van der Waals surface area (Å²) in [6.07, 6.45) is 3.12. The van der Waals surface area contributed by atoms with Gasteiger partial charge in [0.25, 0.3) is 0 Å². The van der Waals surface area contributed by atoms with Crippen LogP contribution in [0.1, 0.15) is 26.3 Å². The predicted octanol–water partition coefficient (Wildman–Crippen LogP) is 3.23. The summed E-state index contributed by atoms with van der Waals surface area (Å²) in [5.74, 6) is 1.63. The van der Waals surface area contributed by atoms with Gasteiger partial charge in [0, 0.05) is 5.56 Å². The Morgan fingerprint density at radius 2 is 1.71 bits per heavy atom. The fourth-order valence-corrected chi connectivity index (χ4v) is 1.52. The molecular weight excluding hydrogens is 176 g/mol. The molecule has 2 heteroatoms. The second kappa shape index (κ2) is 3.05. The van der Waals surface area contributed by atoms with Crippen LogP contribution >= 0.6 is 0 Å². The Labute approximate surface area is 84.2 Å². The molecule has 1 heterocycles. The molecule has 0 N–H and O–H groups in total. The summed E-state index contributed by atoms with van der Waals surface area (Å²) >= 11 is 0. The number of ether oxygens (including phenoxy) is 2. The monoisotopic (exact) mass is 190 g/mol. The van der Waals surface area contributed by atoms with Gasteiger partial charge in [0.15, 0.2) is 11.5 Å². The van der Waals surface area contributed by atoms with Crippen molar-refractivity contribution >= 4 is 0 Å². The van der Waals surface area contributed by atoms with Crippen LogP contribution in [-0.2, 0) is 5.41 Å². The lowest BCUT2D eigenvalue weighted by Crippen LogP contribution is -2.13. The van der Waals surface area contributed by atoms with Gasteiger partial charge in [-0.3, -0.25) is 0 Å². The van der Waals surface area contributed by atoms with E-state index >= 15 is 0 Å². The van der Waals surface area contributed by atoms with E-state index in [0.29, 0.717) is 0 Å². The average molecular weight is 190 g/mol. The van der Waals surface area contributed by atoms with Gasteiger partial charge < -0.3 is 9.47 Å². The molecule has 14 heavy (non-hydrogen) atoms. The molecule has 0 spiro atoms. The number of para-hydroxylation sites is 1. The summed E-state index contributed by atoms with van der Waals surface area (Å²) in [5.41, 5.74) is 1.24. The van der Waals surface area contributed by atoms with E-state index in [1.807, 2.05) is 12.1 Å². The van der Waals surface area contributed by atoms with Gasteiger partial charge in [-0.2, -0.15) is 0 Å². The van der Waals surface area contributed by atoms with Gasteiger partial charge >= 0.3 is 0 Å². The molecule has 74 valence electrons. The maximum Gasteiger partial charge on any atom is 0.172 e. The molecule has 0 radical (unpaired) electrons. The van der Waals surface area contributed by atoms with Crippen molar-refractivity contribution in [1.82, 2.24) is 0 Å². The zero-order valence-corrected chi connectivity index (χ0v) is 8.70. The van der Waals surface area contributed by atoms with Crippen molar-refractivity contribution in [3.05, 3.63) is 36.3 Å². The second-order valence-corrected chi connectivity index (χ2v) is 4.39. The highest BCUT2D eigenvalue weighted by Gasteiger charge is 2.22. The van der Waals surface area contributed by atoms with Crippen molar-refractivity contribution in [2.45, 2.75) is 26.2 Å². The summed E-state index contributed by atoms with van der Waals surface area (Å²) in [7, 11) is 0. The van der Waals surface area contributed by atoms with Crippen LogP contribution in [0.4, 0.5) is 0 Å². The van der Waals surface area contributed by atoms with Crippen molar-refractivity contribution in [1.29, 1.82) is 0 Å². The van der Waals surface area contributed by atoms with Crippen LogP contribution in [0.5, 0.6) is 11.5 Å². The minimum atomic E-state index is 0.0693. The van der Waals surface area contributed by atoms with Gasteiger partial charge in [0.05, 0.1) is 0 Å². The number of benzene rings is 1. The molecule has 0 saturated heterocycles. The lowest BCUT2D eigenvalue weighted by atomic mass is 9.86. The van der Waals surface area contributed by atoms with Crippen LogP contribution in [-0.4, -0.2) is 0 Å². The van der Waals surface area contributed by atoms with E-state index in [9.17, 15) is 0 Å². The van der Waals surface area contributed by atoms with E-state index in [1.165, 1.54) is 5.56 Å². The summed E-state index contributed by atoms with van der Waals surface area (Å²) in [6, 6.07) is 5.97. The topological polar surface area (TPSA) is 18.5 Å². The molecule has 1 aliphatic heterocycles. The van der Waals surface area contributed by atoms with E-state index in [1.54, 1.807) is 12.5 Å². The summed E-state index contributed by atoms with van der Waals surface area (Å²) in [6.45, 7) is 6.47. The first kappa shape index (κ1) is 9.13. The minimum absolute atomic E-state index is 0.0693. The molecule has 0 aromatic heterocycles. The first-order valence-electron chi connectivity index (χ1n) is 4.71. The molecule has 2 nitrogen and oxygen atoms in total. The maximum absolute atomic E-state index is 5.48. The Kier molecular flexibility index (Phi) is 1.99. The molecule has 0 unspecified atom stereocenters. The lowest BCUT2D eigenvalue weighted by molar-refractivity contribution is 0.351. The van der Waals surface area contributed by atoms with Crippen LogP contribution in [0.25, 0.3) is 0 Å². The van der Waals surface area contributed by atoms with Crippen LogP contribution in [0, 0.1) is 0 Å². The Hall–Kier alpha value is -1.44. The third-order valence-electron chi connectivity index (χ3n) is 2.22. The molecule has 1 aromatic carbocycles. The largest absolute Gasteiger partial charge is 0.458 e. The molecule has 0 saturated carbocycles. The van der Waals surface area contributed by atoms with Gasteiger partial charge in [-0.1, -0.05) is 32.9 Å². The third-order valence-corrected chi connectivity index (χ3v) is 2.22. The minimum Gasteiger partial charge on any atom is -0.458 e. The molecule has 0 amide bonds. The molecule has 0 bridgehead atoms. The Morgan fingerprint density at radius 1 is 1.00 bits per heavy atom. The van der Waals surface area contributed by atoms with Crippen molar-refractivity contribution in [2.24, 2.45) is 0 Å². The van der Waals surface area contributed by atoms with Gasteiger partial charge in [-0.25, -0.2) is 0 Å². The van der Waals surface area contributed by atoms with E-state index < -0.39 is 0 Å². The van der Waals surface area contributed by atoms with E-state index in [2.05, 4.69) is 26.8 Å². The second-order valence-electron chi connectivity index (χ2n) is 4.39. The van der Waals surface area contributed by atoms with Gasteiger partial charge in [0.2, 0.25) is 0 Å². The van der Waals surface area contributed by atoms with E-state index in [4.69, 9.17) is 9.47 Å². The normalized spacial score (nSPS) is 14.2. The van der Waals surface area contributed by atoms with Crippen LogP contribution in [0.2, 0.25) is 0 Å². The van der Waals surface area contributed by atoms with Crippen LogP contribution < -0.4 is 9.47 Å². The smallest absolute Gasteiger partial charge is 0.172 e. The van der Waals surface area contributed by atoms with Crippen molar-refractivity contribution in [3.8, 4) is 11.5 Å². The van der Waals surface area contributed by atoms with Gasteiger partial charge in [-0.05, 0) is 11.5 Å². The van der Waals surface area contributed by atoms with Gasteiger partial charge in [0.1, 0.15) is 12.5 Å². The first-order chi connectivity index (χ1) is 6.59. The maximum atomic E-state index is 5.48. The zero-order valence-electron chi connectivity index (χ0n) is 8.70. The molecule has 1 aliphatic rings. The number of fused-ring (bicyclic) bond motifs is 1. The van der Waals surface area contributed by atoms with Crippen LogP contribution in [0.15, 0.2) is 30.7 Å².